The van der Waals surface area contributed by atoms with Crippen LogP contribution in [0.3, 0.4) is 0 Å². The fourth-order valence-electron chi connectivity index (χ4n) is 1.42. The summed E-state index contributed by atoms with van der Waals surface area (Å²) >= 11 is 0. The number of carboxylic acid groups (broad SMARTS) is 2. The Bertz CT molecular complexity index is 548. The first-order valence-electron chi connectivity index (χ1n) is 6.98. The summed E-state index contributed by atoms with van der Waals surface area (Å²) in [5, 5.41) is 19.7. The molecule has 1 atom stereocenters. The van der Waals surface area contributed by atoms with Crippen LogP contribution in [-0.2, 0) is 4.74 Å². The van der Waals surface area contributed by atoms with Gasteiger partial charge in [-0.2, -0.15) is 13.8 Å². The van der Waals surface area contributed by atoms with E-state index in [1.807, 2.05) is 13.8 Å². The Morgan fingerprint density at radius 2 is 1.77 bits per heavy atom. The van der Waals surface area contributed by atoms with Gasteiger partial charge in [-0.3, -0.25) is 0 Å². The number of carbonyl (C=O) groups excluding carboxylic acids is 2. The molecule has 0 saturated carbocycles. The summed E-state index contributed by atoms with van der Waals surface area (Å²) in [6.07, 6.45) is -1.52. The summed E-state index contributed by atoms with van der Waals surface area (Å²) in [7, 11) is 0. The maximum absolute atomic E-state index is 12.3. The van der Waals surface area contributed by atoms with Gasteiger partial charge in [-0.1, -0.05) is 6.92 Å². The molecule has 12 heteroatoms. The summed E-state index contributed by atoms with van der Waals surface area (Å²) in [6, 6.07) is 2.66. The number of pyridine rings is 1. The number of nitrogens with one attached hydrogen (secondary N) is 1. The van der Waals surface area contributed by atoms with Crippen LogP contribution in [-0.4, -0.2) is 36.4 Å². The van der Waals surface area contributed by atoms with Gasteiger partial charge in [-0.25, -0.2) is 4.79 Å². The fourth-order valence-corrected chi connectivity index (χ4v) is 1.42. The van der Waals surface area contributed by atoms with Crippen LogP contribution >= 0.6 is 0 Å². The molecule has 1 rings (SSSR count). The Morgan fingerprint density at radius 1 is 1.23 bits per heavy atom. The summed E-state index contributed by atoms with van der Waals surface area (Å²) in [5.74, 6) is -0.641. The van der Waals surface area contributed by atoms with Gasteiger partial charge in [0.1, 0.15) is 5.82 Å². The van der Waals surface area contributed by atoms with Gasteiger partial charge in [0, 0.05) is 12.1 Å². The quantitative estimate of drug-likeness (QED) is 0.303. The largest absolute Gasteiger partial charge is 1.00 e. The zero-order valence-electron chi connectivity index (χ0n) is 15.4. The van der Waals surface area contributed by atoms with Gasteiger partial charge in [0.25, 0.3) is 0 Å². The number of hydrogen-bond donors (Lipinski definition) is 1. The molecule has 0 unspecified atom stereocenters. The average Bonchev–Trinajstić information content (AvgIpc) is 2.45. The number of ether oxygens (including phenoxy) is 2. The molecule has 1 heterocycles. The van der Waals surface area contributed by atoms with E-state index in [0.29, 0.717) is 5.82 Å². The van der Waals surface area contributed by atoms with Crippen LogP contribution in [0.5, 0.6) is 5.88 Å². The Hall–Kier alpha value is 1.45. The first-order chi connectivity index (χ1) is 11.2. The van der Waals surface area contributed by atoms with Crippen molar-refractivity contribution in [1.29, 1.82) is 0 Å². The van der Waals surface area contributed by atoms with Crippen molar-refractivity contribution in [2.24, 2.45) is 0 Å². The number of carbonyl (C=O) groups is 2. The summed E-state index contributed by atoms with van der Waals surface area (Å²) in [6.45, 7) is 2.72. The molecule has 0 fully saturated rings. The van der Waals surface area contributed by atoms with E-state index >= 15 is 0 Å². The third-order valence-electron chi connectivity index (χ3n) is 2.53. The molecule has 26 heavy (non-hydrogen) atoms. The Balaban J connectivity index is -0.000000798. The van der Waals surface area contributed by atoms with Gasteiger partial charge in [-0.15, -0.1) is 0 Å². The molecule has 0 saturated heterocycles. The molecule has 1 N–H and O–H groups in total. The zero-order chi connectivity index (χ0) is 18.7. The van der Waals surface area contributed by atoms with E-state index < -0.39 is 18.7 Å². The van der Waals surface area contributed by atoms with Crippen LogP contribution in [0.1, 0.15) is 37.6 Å². The van der Waals surface area contributed by atoms with Crippen molar-refractivity contribution in [3.63, 3.8) is 0 Å². The minimum absolute atomic E-state index is 0. The molecule has 0 aliphatic heterocycles. The van der Waals surface area contributed by atoms with Gasteiger partial charge in [0.15, 0.2) is 0 Å². The van der Waals surface area contributed by atoms with Crippen LogP contribution in [0.25, 0.3) is 0 Å². The van der Waals surface area contributed by atoms with Gasteiger partial charge in [0.2, 0.25) is 5.88 Å². The Labute approximate surface area is 268 Å². The average molecular weight is 614 g/mol. The van der Waals surface area contributed by atoms with Crippen molar-refractivity contribution in [3.8, 4) is 5.88 Å². The number of alkyl halides is 2. The molecular formula is C14H18Cs2F2N2O6. The number of nitrogens with zero attached hydrogens (tertiary/aromatic N) is 1. The van der Waals surface area contributed by atoms with E-state index in [0.717, 1.165) is 12.5 Å². The zero-order valence-corrected chi connectivity index (χ0v) is 27.9. The first-order valence-corrected chi connectivity index (χ1v) is 6.98. The second-order valence-corrected chi connectivity index (χ2v) is 4.38. The normalized spacial score (nSPS) is 10.2. The minimum Gasteiger partial charge on any atom is -0.652 e. The Kier molecular flexibility index (Phi) is 22.8. The molecule has 0 amide bonds. The van der Waals surface area contributed by atoms with E-state index in [-0.39, 0.29) is 162 Å². The molecule has 1 aromatic rings. The Morgan fingerprint density at radius 3 is 2.19 bits per heavy atom. The second-order valence-electron chi connectivity index (χ2n) is 4.38. The molecule has 1 aromatic heterocycles. The van der Waals surface area contributed by atoms with E-state index in [1.165, 1.54) is 6.07 Å². The van der Waals surface area contributed by atoms with E-state index in [9.17, 15) is 13.6 Å². The summed E-state index contributed by atoms with van der Waals surface area (Å²) in [5.41, 5.74) is 0.114. The van der Waals surface area contributed by atoms with Crippen molar-refractivity contribution in [2.75, 3.05) is 11.9 Å². The van der Waals surface area contributed by atoms with E-state index in [4.69, 9.17) is 19.7 Å². The number of rotatable bonds is 7. The molecular weight excluding hydrogens is 596 g/mol. The third-order valence-corrected chi connectivity index (χ3v) is 2.53. The number of hydrogen-bond acceptors (Lipinski definition) is 8. The molecule has 0 aliphatic rings. The van der Waals surface area contributed by atoms with Crippen molar-refractivity contribution >= 4 is 17.9 Å². The van der Waals surface area contributed by atoms with Crippen molar-refractivity contribution in [1.82, 2.24) is 4.98 Å². The van der Waals surface area contributed by atoms with Crippen molar-refractivity contribution in [3.05, 3.63) is 17.7 Å². The van der Waals surface area contributed by atoms with Crippen LogP contribution < -0.4 is 158 Å². The fraction of sp³-hybridized carbons (Fsp3) is 0.500. The maximum atomic E-state index is 12.3. The van der Waals surface area contributed by atoms with Crippen molar-refractivity contribution in [2.45, 2.75) is 39.8 Å². The molecule has 0 aromatic carbocycles. The van der Waals surface area contributed by atoms with E-state index in [2.05, 4.69) is 15.0 Å². The smallest absolute Gasteiger partial charge is 0.652 e. The van der Waals surface area contributed by atoms with Gasteiger partial charge >= 0.3 is 150 Å². The molecule has 0 radical (unpaired) electrons. The van der Waals surface area contributed by atoms with Crippen LogP contribution in [0, 0.1) is 0 Å². The third kappa shape index (κ3) is 16.4. The monoisotopic (exact) mass is 614 g/mol. The molecule has 0 aliphatic carbocycles. The molecule has 8 nitrogen and oxygen atoms in total. The van der Waals surface area contributed by atoms with E-state index in [1.54, 1.807) is 6.92 Å². The standard InChI is InChI=1S/C13H18F2N2O3.CH2O3.2Cs/c1-4-8(3)16-10-6-9(12(18)19-5-2)7-11(17-10)20-13(14)15;2-1(3)4;;/h6-8,13H,4-5H2,1-3H3,(H,16,17);(H2,2,3,4);;/q;;2*+1/p-2/t8-;;;/m0.../s1. The van der Waals surface area contributed by atoms with Gasteiger partial charge in [-0.05, 0) is 32.5 Å². The first kappa shape index (κ1) is 32.1. The van der Waals surface area contributed by atoms with Crippen molar-refractivity contribution < 1.29 is 176 Å². The number of anilines is 1. The predicted molar refractivity (Wildman–Crippen MR) is 75.6 cm³/mol. The second kappa shape index (κ2) is 18.5. The molecule has 0 bridgehead atoms. The number of halogens is 2. The van der Waals surface area contributed by atoms with Crippen LogP contribution in [0.15, 0.2) is 12.1 Å². The summed E-state index contributed by atoms with van der Waals surface area (Å²) < 4.78 is 33.6. The topological polar surface area (TPSA) is 124 Å². The van der Waals surface area contributed by atoms with Crippen LogP contribution in [0.4, 0.5) is 19.4 Å². The number of esters is 1. The summed E-state index contributed by atoms with van der Waals surface area (Å²) in [4.78, 5) is 23.9. The van der Waals surface area contributed by atoms with Gasteiger partial charge < -0.3 is 29.8 Å². The number of aromatic nitrogens is 1. The van der Waals surface area contributed by atoms with Gasteiger partial charge in [0.05, 0.1) is 12.2 Å². The molecule has 136 valence electrons. The minimum atomic E-state index is -3.00. The SMILES string of the molecule is CCOC(=O)c1cc(N[C@@H](C)CC)nc(OC(F)F)c1.O=C([O-])[O-].[Cs+].[Cs+]. The predicted octanol–water partition coefficient (Wildman–Crippen LogP) is -5.37. The maximum Gasteiger partial charge on any atom is 1.00 e. The molecule has 0 spiro atoms. The van der Waals surface area contributed by atoms with Crippen LogP contribution in [0.2, 0.25) is 0 Å².